The van der Waals surface area contributed by atoms with Gasteiger partial charge in [-0.05, 0) is 24.3 Å². The monoisotopic (exact) mass is 396 g/mol. The standard InChI is InChI=1S/C20H25BN4O4/c1-13(2)10-17(21(28)29)24-19(27)20(11-15(20)14-6-4-3-5-7-14)25-18(26)16-12-22-8-9-23-16/h3-9,12-13,15,17,28-29H,10-11H2,1-2H3,(H,24,27)(H,25,26). The molecule has 0 bridgehead atoms. The normalized spacial score (nSPS) is 21.3. The number of amides is 2. The fraction of sp³-hybridized carbons (Fsp3) is 0.400. The molecule has 4 N–H and O–H groups in total. The lowest BCUT2D eigenvalue weighted by molar-refractivity contribution is -0.124. The lowest BCUT2D eigenvalue weighted by atomic mass is 9.75. The van der Waals surface area contributed by atoms with Crippen molar-refractivity contribution < 1.29 is 19.6 Å². The van der Waals surface area contributed by atoms with Crippen molar-refractivity contribution in [2.45, 2.75) is 44.1 Å². The summed E-state index contributed by atoms with van der Waals surface area (Å²) in [5.74, 6) is -1.85. The molecule has 1 aliphatic carbocycles. The molecule has 0 saturated heterocycles. The summed E-state index contributed by atoms with van der Waals surface area (Å²) in [6, 6.07) is 9.44. The van der Waals surface area contributed by atoms with Gasteiger partial charge in [-0.1, -0.05) is 44.2 Å². The maximum atomic E-state index is 13.2. The maximum Gasteiger partial charge on any atom is 0.475 e. The highest BCUT2D eigenvalue weighted by Gasteiger charge is 2.62. The van der Waals surface area contributed by atoms with Crippen molar-refractivity contribution >= 4 is 18.9 Å². The zero-order valence-corrected chi connectivity index (χ0v) is 16.4. The third-order valence-corrected chi connectivity index (χ3v) is 5.10. The third kappa shape index (κ3) is 4.80. The van der Waals surface area contributed by atoms with E-state index in [1.165, 1.54) is 18.6 Å². The molecule has 0 radical (unpaired) electrons. The average Bonchev–Trinajstić information content (AvgIpc) is 3.43. The van der Waals surface area contributed by atoms with Gasteiger partial charge in [0.05, 0.1) is 12.1 Å². The molecule has 1 aliphatic rings. The molecular weight excluding hydrogens is 371 g/mol. The Kier molecular flexibility index (Phi) is 6.29. The number of hydrogen-bond acceptors (Lipinski definition) is 6. The average molecular weight is 396 g/mol. The molecule has 1 heterocycles. The largest absolute Gasteiger partial charge is 0.475 e. The van der Waals surface area contributed by atoms with Crippen molar-refractivity contribution in [2.75, 3.05) is 0 Å². The van der Waals surface area contributed by atoms with Crippen LogP contribution in [-0.2, 0) is 4.79 Å². The van der Waals surface area contributed by atoms with Gasteiger partial charge in [0.1, 0.15) is 11.2 Å². The Labute approximate surface area is 169 Å². The van der Waals surface area contributed by atoms with Gasteiger partial charge in [-0.15, -0.1) is 0 Å². The van der Waals surface area contributed by atoms with E-state index in [1.807, 2.05) is 44.2 Å². The summed E-state index contributed by atoms with van der Waals surface area (Å²) in [5.41, 5.74) is -0.147. The molecule has 8 nitrogen and oxygen atoms in total. The Bertz CT molecular complexity index is 850. The molecule has 0 aliphatic heterocycles. The van der Waals surface area contributed by atoms with Crippen LogP contribution in [0.4, 0.5) is 0 Å². The first kappa shape index (κ1) is 20.9. The molecule has 3 atom stereocenters. The Balaban J connectivity index is 1.84. The lowest BCUT2D eigenvalue weighted by Gasteiger charge is -2.25. The minimum atomic E-state index is -1.69. The van der Waals surface area contributed by atoms with Crippen molar-refractivity contribution in [3.05, 3.63) is 60.2 Å². The predicted molar refractivity (Wildman–Crippen MR) is 108 cm³/mol. The zero-order chi connectivity index (χ0) is 21.0. The molecule has 2 aromatic rings. The molecule has 1 saturated carbocycles. The Morgan fingerprint density at radius 2 is 1.97 bits per heavy atom. The van der Waals surface area contributed by atoms with Gasteiger partial charge in [-0.2, -0.15) is 0 Å². The van der Waals surface area contributed by atoms with Gasteiger partial charge in [-0.3, -0.25) is 14.6 Å². The van der Waals surface area contributed by atoms with Crippen LogP contribution >= 0.6 is 0 Å². The first-order chi connectivity index (χ1) is 13.8. The number of benzene rings is 1. The molecule has 1 aromatic heterocycles. The fourth-order valence-electron chi connectivity index (χ4n) is 3.54. The quantitative estimate of drug-likeness (QED) is 0.487. The second-order valence-corrected chi connectivity index (χ2v) is 7.81. The molecular formula is C20H25BN4O4. The molecule has 3 unspecified atom stereocenters. The van der Waals surface area contributed by atoms with Crippen LogP contribution in [0.25, 0.3) is 0 Å². The number of hydrogen-bond donors (Lipinski definition) is 4. The lowest BCUT2D eigenvalue weighted by Crippen LogP contribution is -2.56. The van der Waals surface area contributed by atoms with Gasteiger partial charge >= 0.3 is 7.12 Å². The SMILES string of the molecule is CC(C)CC(NC(=O)C1(NC(=O)c2cnccn2)CC1c1ccccc1)B(O)O. The van der Waals surface area contributed by atoms with Gasteiger partial charge in [-0.25, -0.2) is 4.98 Å². The molecule has 29 heavy (non-hydrogen) atoms. The molecule has 9 heteroatoms. The highest BCUT2D eigenvalue weighted by atomic mass is 16.4. The van der Waals surface area contributed by atoms with Crippen LogP contribution in [0.15, 0.2) is 48.9 Å². The van der Waals surface area contributed by atoms with Crippen LogP contribution in [0.1, 0.15) is 48.7 Å². The van der Waals surface area contributed by atoms with E-state index in [0.29, 0.717) is 12.8 Å². The molecule has 1 fully saturated rings. The number of nitrogens with one attached hydrogen (secondary N) is 2. The second kappa shape index (κ2) is 8.71. The molecule has 3 rings (SSSR count). The summed E-state index contributed by atoms with van der Waals surface area (Å²) in [4.78, 5) is 33.8. The van der Waals surface area contributed by atoms with E-state index in [9.17, 15) is 19.6 Å². The summed E-state index contributed by atoms with van der Waals surface area (Å²) in [6.07, 6.45) is 5.00. The van der Waals surface area contributed by atoms with E-state index in [2.05, 4.69) is 20.6 Å². The third-order valence-electron chi connectivity index (χ3n) is 5.10. The fourth-order valence-corrected chi connectivity index (χ4v) is 3.54. The van der Waals surface area contributed by atoms with Gasteiger partial charge in [0.2, 0.25) is 5.91 Å². The Hall–Kier alpha value is -2.78. The number of rotatable bonds is 8. The molecule has 1 aromatic carbocycles. The highest BCUT2D eigenvalue weighted by molar-refractivity contribution is 6.43. The minimum absolute atomic E-state index is 0.110. The number of carbonyl (C=O) groups is 2. The smallest absolute Gasteiger partial charge is 0.426 e. The van der Waals surface area contributed by atoms with E-state index in [0.717, 1.165) is 5.56 Å². The molecule has 0 spiro atoms. The minimum Gasteiger partial charge on any atom is -0.426 e. The van der Waals surface area contributed by atoms with Gasteiger partial charge < -0.3 is 20.7 Å². The van der Waals surface area contributed by atoms with Crippen LogP contribution in [0, 0.1) is 5.92 Å². The summed E-state index contributed by atoms with van der Waals surface area (Å²) < 4.78 is 0. The van der Waals surface area contributed by atoms with E-state index >= 15 is 0 Å². The van der Waals surface area contributed by atoms with E-state index in [4.69, 9.17) is 0 Å². The summed E-state index contributed by atoms with van der Waals surface area (Å²) in [6.45, 7) is 3.86. The van der Waals surface area contributed by atoms with Crippen molar-refractivity contribution in [1.29, 1.82) is 0 Å². The van der Waals surface area contributed by atoms with Crippen LogP contribution < -0.4 is 10.6 Å². The molecule has 152 valence electrons. The van der Waals surface area contributed by atoms with Crippen molar-refractivity contribution in [2.24, 2.45) is 5.92 Å². The Morgan fingerprint density at radius 1 is 1.24 bits per heavy atom. The van der Waals surface area contributed by atoms with Crippen molar-refractivity contribution in [3.63, 3.8) is 0 Å². The number of nitrogens with zero attached hydrogens (tertiary/aromatic N) is 2. The van der Waals surface area contributed by atoms with Crippen molar-refractivity contribution in [3.8, 4) is 0 Å². The van der Waals surface area contributed by atoms with Gasteiger partial charge in [0, 0.05) is 18.3 Å². The van der Waals surface area contributed by atoms with Gasteiger partial charge in [0.25, 0.3) is 5.91 Å². The van der Waals surface area contributed by atoms with E-state index in [1.54, 1.807) is 0 Å². The summed E-state index contributed by atoms with van der Waals surface area (Å²) >= 11 is 0. The van der Waals surface area contributed by atoms with Gasteiger partial charge in [0.15, 0.2) is 0 Å². The van der Waals surface area contributed by atoms with Crippen molar-refractivity contribution in [1.82, 2.24) is 20.6 Å². The summed E-state index contributed by atoms with van der Waals surface area (Å²) in [5, 5.41) is 24.9. The highest BCUT2D eigenvalue weighted by Crippen LogP contribution is 2.51. The van der Waals surface area contributed by atoms with E-state index in [-0.39, 0.29) is 17.5 Å². The first-order valence-corrected chi connectivity index (χ1v) is 9.64. The summed E-state index contributed by atoms with van der Waals surface area (Å²) in [7, 11) is -1.69. The van der Waals surface area contributed by atoms with Crippen LogP contribution in [0.3, 0.4) is 0 Å². The molecule has 2 amide bonds. The second-order valence-electron chi connectivity index (χ2n) is 7.81. The van der Waals surface area contributed by atoms with Crippen LogP contribution in [-0.4, -0.2) is 50.4 Å². The number of aromatic nitrogens is 2. The number of carbonyl (C=O) groups excluding carboxylic acids is 2. The van der Waals surface area contributed by atoms with Crippen LogP contribution in [0.2, 0.25) is 0 Å². The topological polar surface area (TPSA) is 124 Å². The predicted octanol–water partition coefficient (Wildman–Crippen LogP) is 0.676. The van der Waals surface area contributed by atoms with Crippen LogP contribution in [0.5, 0.6) is 0 Å². The van der Waals surface area contributed by atoms with E-state index < -0.39 is 30.4 Å². The first-order valence-electron chi connectivity index (χ1n) is 9.64. The zero-order valence-electron chi connectivity index (χ0n) is 16.4. The maximum absolute atomic E-state index is 13.2. The Morgan fingerprint density at radius 3 is 2.55 bits per heavy atom.